The molecule has 0 aliphatic heterocycles. The lowest BCUT2D eigenvalue weighted by Gasteiger charge is -2.09. The third-order valence-corrected chi connectivity index (χ3v) is 4.68. The van der Waals surface area contributed by atoms with Gasteiger partial charge in [0.15, 0.2) is 0 Å². The summed E-state index contributed by atoms with van der Waals surface area (Å²) in [5.41, 5.74) is 5.43. The number of hydrogen-bond donors (Lipinski definition) is 0. The van der Waals surface area contributed by atoms with Crippen LogP contribution in [0.25, 0.3) is 38.5 Å². The molecule has 0 atom stereocenters. The number of ether oxygens (including phenoxy) is 1. The molecule has 0 amide bonds. The van der Waals surface area contributed by atoms with Crippen LogP contribution < -0.4 is 4.74 Å². The van der Waals surface area contributed by atoms with Crippen LogP contribution in [0.3, 0.4) is 0 Å². The molecule has 3 aromatic carbocycles. The van der Waals surface area contributed by atoms with Gasteiger partial charge in [0.1, 0.15) is 5.75 Å². The molecular weight excluding hydrogens is 308 g/mol. The molecule has 0 N–H and O–H groups in total. The first-order valence-corrected chi connectivity index (χ1v) is 8.28. The second-order valence-corrected chi connectivity index (χ2v) is 6.10. The van der Waals surface area contributed by atoms with E-state index in [1.165, 1.54) is 5.39 Å². The average molecular weight is 324 g/mol. The first kappa shape index (κ1) is 14.1. The highest BCUT2D eigenvalue weighted by Crippen LogP contribution is 2.33. The molecule has 3 heteroatoms. The van der Waals surface area contributed by atoms with Crippen molar-refractivity contribution in [3.05, 3.63) is 78.9 Å². The van der Waals surface area contributed by atoms with E-state index in [1.54, 1.807) is 7.11 Å². The van der Waals surface area contributed by atoms with Gasteiger partial charge in [-0.1, -0.05) is 36.4 Å². The number of rotatable bonds is 2. The number of aromatic nitrogens is 2. The molecule has 2 heterocycles. The number of fused-ring (bicyclic) bond motifs is 4. The lowest BCUT2D eigenvalue weighted by Crippen LogP contribution is -1.94. The van der Waals surface area contributed by atoms with Gasteiger partial charge in [-0.05, 0) is 42.5 Å². The summed E-state index contributed by atoms with van der Waals surface area (Å²) < 4.78 is 7.56. The molecule has 0 bridgehead atoms. The summed E-state index contributed by atoms with van der Waals surface area (Å²) >= 11 is 0. The topological polar surface area (TPSA) is 27.1 Å². The van der Waals surface area contributed by atoms with Crippen molar-refractivity contribution in [2.24, 2.45) is 0 Å². The highest BCUT2D eigenvalue weighted by atomic mass is 16.5. The SMILES string of the molecule is COc1ccc(-n2c3ccccc3c3nc4ccccc4cc32)cc1. The van der Waals surface area contributed by atoms with Gasteiger partial charge in [0.2, 0.25) is 0 Å². The standard InChI is InChI=1S/C22H16N2O/c1-25-17-12-10-16(11-13-17)24-20-9-5-3-7-18(20)22-21(24)14-15-6-2-4-8-19(15)23-22/h2-14H,1H3. The van der Waals surface area contributed by atoms with Crippen LogP contribution in [0.5, 0.6) is 5.75 Å². The minimum Gasteiger partial charge on any atom is -0.497 e. The maximum absolute atomic E-state index is 5.30. The Bertz CT molecular complexity index is 1220. The highest BCUT2D eigenvalue weighted by Gasteiger charge is 2.14. The fraction of sp³-hybridized carbons (Fsp3) is 0.0455. The normalized spacial score (nSPS) is 11.4. The number of benzene rings is 3. The van der Waals surface area contributed by atoms with Gasteiger partial charge in [-0.25, -0.2) is 4.98 Å². The molecule has 0 radical (unpaired) electrons. The Balaban J connectivity index is 1.92. The van der Waals surface area contributed by atoms with Crippen LogP contribution in [0, 0.1) is 0 Å². The molecule has 0 spiro atoms. The quantitative estimate of drug-likeness (QED) is 0.438. The molecule has 2 aromatic heterocycles. The summed E-state index contributed by atoms with van der Waals surface area (Å²) in [5, 5.41) is 2.31. The molecule has 5 aromatic rings. The number of nitrogens with zero attached hydrogens (tertiary/aromatic N) is 2. The summed E-state index contributed by atoms with van der Waals surface area (Å²) in [6.07, 6.45) is 0. The molecule has 3 nitrogen and oxygen atoms in total. The van der Waals surface area contributed by atoms with Gasteiger partial charge in [-0.2, -0.15) is 0 Å². The Morgan fingerprint density at radius 2 is 1.56 bits per heavy atom. The van der Waals surface area contributed by atoms with Crippen LogP contribution in [0.4, 0.5) is 0 Å². The zero-order chi connectivity index (χ0) is 16.8. The number of methoxy groups -OCH3 is 1. The number of hydrogen-bond acceptors (Lipinski definition) is 2. The zero-order valence-electron chi connectivity index (χ0n) is 13.8. The fourth-order valence-electron chi connectivity index (χ4n) is 3.48. The van der Waals surface area contributed by atoms with Crippen molar-refractivity contribution < 1.29 is 4.74 Å². The van der Waals surface area contributed by atoms with Crippen molar-refractivity contribution in [2.75, 3.05) is 7.11 Å². The van der Waals surface area contributed by atoms with Gasteiger partial charge >= 0.3 is 0 Å². The van der Waals surface area contributed by atoms with Crippen molar-refractivity contribution in [1.82, 2.24) is 9.55 Å². The second kappa shape index (κ2) is 5.35. The Morgan fingerprint density at radius 3 is 2.40 bits per heavy atom. The largest absolute Gasteiger partial charge is 0.497 e. The van der Waals surface area contributed by atoms with Crippen molar-refractivity contribution in [3.63, 3.8) is 0 Å². The second-order valence-electron chi connectivity index (χ2n) is 6.10. The molecule has 25 heavy (non-hydrogen) atoms. The van der Waals surface area contributed by atoms with Crippen LogP contribution in [-0.4, -0.2) is 16.7 Å². The van der Waals surface area contributed by atoms with Crippen molar-refractivity contribution >= 4 is 32.8 Å². The molecule has 0 saturated carbocycles. The predicted molar refractivity (Wildman–Crippen MR) is 103 cm³/mol. The molecule has 0 aliphatic carbocycles. The van der Waals surface area contributed by atoms with Gasteiger partial charge in [0.25, 0.3) is 0 Å². The third-order valence-electron chi connectivity index (χ3n) is 4.68. The van der Waals surface area contributed by atoms with Gasteiger partial charge in [-0.15, -0.1) is 0 Å². The lowest BCUT2D eigenvalue weighted by molar-refractivity contribution is 0.415. The first-order chi connectivity index (χ1) is 12.3. The van der Waals surface area contributed by atoms with Crippen molar-refractivity contribution in [2.45, 2.75) is 0 Å². The van der Waals surface area contributed by atoms with E-state index in [2.05, 4.69) is 65.2 Å². The minimum absolute atomic E-state index is 0.855. The average Bonchev–Trinajstić information content (AvgIpc) is 3.00. The van der Waals surface area contributed by atoms with E-state index in [1.807, 2.05) is 18.2 Å². The van der Waals surface area contributed by atoms with E-state index in [-0.39, 0.29) is 0 Å². The Hall–Kier alpha value is -3.33. The summed E-state index contributed by atoms with van der Waals surface area (Å²) in [5.74, 6) is 0.855. The van der Waals surface area contributed by atoms with E-state index in [9.17, 15) is 0 Å². The van der Waals surface area contributed by atoms with Crippen LogP contribution in [0.1, 0.15) is 0 Å². The third kappa shape index (κ3) is 2.09. The molecule has 0 saturated heterocycles. The molecule has 0 fully saturated rings. The van der Waals surface area contributed by atoms with E-state index in [4.69, 9.17) is 9.72 Å². The van der Waals surface area contributed by atoms with Gasteiger partial charge in [0, 0.05) is 16.5 Å². The van der Waals surface area contributed by atoms with Crippen LogP contribution in [0.15, 0.2) is 78.9 Å². The summed E-state index contributed by atoms with van der Waals surface area (Å²) in [7, 11) is 1.69. The molecular formula is C22H16N2O. The minimum atomic E-state index is 0.855. The van der Waals surface area contributed by atoms with Gasteiger partial charge in [-0.3, -0.25) is 0 Å². The zero-order valence-corrected chi connectivity index (χ0v) is 13.8. The van der Waals surface area contributed by atoms with Crippen LogP contribution in [0.2, 0.25) is 0 Å². The monoisotopic (exact) mass is 324 g/mol. The van der Waals surface area contributed by atoms with E-state index in [0.717, 1.165) is 38.9 Å². The maximum Gasteiger partial charge on any atom is 0.119 e. The smallest absolute Gasteiger partial charge is 0.119 e. The summed E-state index contributed by atoms with van der Waals surface area (Å²) in [4.78, 5) is 4.94. The number of para-hydroxylation sites is 2. The van der Waals surface area contributed by atoms with Crippen LogP contribution in [-0.2, 0) is 0 Å². The maximum atomic E-state index is 5.30. The Labute approximate surface area is 145 Å². The van der Waals surface area contributed by atoms with E-state index >= 15 is 0 Å². The highest BCUT2D eigenvalue weighted by molar-refractivity contribution is 6.10. The van der Waals surface area contributed by atoms with Crippen molar-refractivity contribution in [1.29, 1.82) is 0 Å². The van der Waals surface area contributed by atoms with Crippen LogP contribution >= 0.6 is 0 Å². The lowest BCUT2D eigenvalue weighted by atomic mass is 10.2. The van der Waals surface area contributed by atoms with E-state index < -0.39 is 0 Å². The molecule has 5 rings (SSSR count). The Morgan fingerprint density at radius 1 is 0.800 bits per heavy atom. The van der Waals surface area contributed by atoms with Gasteiger partial charge in [0.05, 0.1) is 29.2 Å². The molecule has 0 unspecified atom stereocenters. The Kier molecular flexibility index (Phi) is 3.01. The number of pyridine rings is 1. The summed E-state index contributed by atoms with van der Waals surface area (Å²) in [6, 6.07) is 27.0. The van der Waals surface area contributed by atoms with Crippen molar-refractivity contribution in [3.8, 4) is 11.4 Å². The predicted octanol–water partition coefficient (Wildman–Crippen LogP) is 5.34. The van der Waals surface area contributed by atoms with E-state index in [0.29, 0.717) is 0 Å². The fourth-order valence-corrected chi connectivity index (χ4v) is 3.48. The summed E-state index contributed by atoms with van der Waals surface area (Å²) in [6.45, 7) is 0. The first-order valence-electron chi connectivity index (χ1n) is 8.28. The van der Waals surface area contributed by atoms with Gasteiger partial charge < -0.3 is 9.30 Å². The molecule has 0 aliphatic rings. The molecule has 120 valence electrons.